The number of hydrogen-bond acceptors (Lipinski definition) is 1. The van der Waals surface area contributed by atoms with Crippen molar-refractivity contribution >= 4 is 0 Å². The summed E-state index contributed by atoms with van der Waals surface area (Å²) < 4.78 is 0. The summed E-state index contributed by atoms with van der Waals surface area (Å²) in [5.41, 5.74) is 1.39. The van der Waals surface area contributed by atoms with Gasteiger partial charge in [0.25, 0.3) is 0 Å². The van der Waals surface area contributed by atoms with Crippen molar-refractivity contribution in [3.63, 3.8) is 0 Å². The highest BCUT2D eigenvalue weighted by molar-refractivity contribution is 5.20. The Kier molecular flexibility index (Phi) is 3.58. The molecule has 1 atom stereocenters. The zero-order chi connectivity index (χ0) is 11.4. The minimum absolute atomic E-state index is 0.476. The van der Waals surface area contributed by atoms with E-state index in [4.69, 9.17) is 0 Å². The van der Waals surface area contributed by atoms with E-state index in [-0.39, 0.29) is 0 Å². The van der Waals surface area contributed by atoms with E-state index in [1.165, 1.54) is 5.56 Å². The van der Waals surface area contributed by atoms with Crippen LogP contribution >= 0.6 is 0 Å². The van der Waals surface area contributed by atoms with Gasteiger partial charge in [-0.05, 0) is 19.5 Å². The molecule has 0 fully saturated rings. The molecule has 2 rings (SSSR count). The average Bonchev–Trinajstić information content (AvgIpc) is 2.82. The maximum absolute atomic E-state index is 2.40. The molecular weight excluding hydrogens is 194 g/mol. The largest absolute Gasteiger partial charge is 0.299 e. The number of hydrogen-bond donors (Lipinski definition) is 0. The van der Waals surface area contributed by atoms with Crippen molar-refractivity contribution in [2.75, 3.05) is 13.6 Å². The molecule has 0 aliphatic heterocycles. The van der Waals surface area contributed by atoms with Crippen LogP contribution in [0.15, 0.2) is 54.6 Å². The van der Waals surface area contributed by atoms with Crippen LogP contribution in [-0.4, -0.2) is 18.5 Å². The van der Waals surface area contributed by atoms with Crippen LogP contribution in [0.3, 0.4) is 0 Å². The van der Waals surface area contributed by atoms with E-state index < -0.39 is 0 Å². The first kappa shape index (κ1) is 11.2. The first-order valence-corrected chi connectivity index (χ1v) is 5.87. The van der Waals surface area contributed by atoms with E-state index in [1.807, 2.05) is 0 Å². The van der Waals surface area contributed by atoms with Crippen molar-refractivity contribution in [1.82, 2.24) is 4.90 Å². The van der Waals surface area contributed by atoms with Crippen LogP contribution in [0.4, 0.5) is 0 Å². The summed E-state index contributed by atoms with van der Waals surface area (Å²) >= 11 is 0. The fourth-order valence-corrected chi connectivity index (χ4v) is 2.08. The summed E-state index contributed by atoms with van der Waals surface area (Å²) in [5, 5.41) is 0. The molecule has 1 aliphatic carbocycles. The normalized spacial score (nSPS) is 17.2. The first-order valence-electron chi connectivity index (χ1n) is 5.87. The maximum Gasteiger partial charge on any atom is 0.0317 e. The van der Waals surface area contributed by atoms with E-state index in [0.717, 1.165) is 6.54 Å². The van der Waals surface area contributed by atoms with E-state index >= 15 is 0 Å². The highest BCUT2D eigenvalue weighted by Gasteiger charge is 2.14. The zero-order valence-corrected chi connectivity index (χ0v) is 10.0. The fraction of sp³-hybridized carbons (Fsp3) is 0.333. The molecule has 1 nitrogen and oxygen atoms in total. The summed E-state index contributed by atoms with van der Waals surface area (Å²) in [4.78, 5) is 2.40. The standard InChI is InChI=1S/C15H19N/c1-13(15-10-4-3-5-11-15)16(2)12-14-8-6-7-9-14/h3-11,13-14H,12H2,1-2H3/t13-/m0/s1. The monoisotopic (exact) mass is 213 g/mol. The quantitative estimate of drug-likeness (QED) is 0.740. The molecule has 0 spiro atoms. The number of rotatable bonds is 4. The summed E-state index contributed by atoms with van der Waals surface area (Å²) in [6.45, 7) is 3.35. The second kappa shape index (κ2) is 5.13. The lowest BCUT2D eigenvalue weighted by atomic mass is 10.1. The van der Waals surface area contributed by atoms with E-state index in [0.29, 0.717) is 12.0 Å². The first-order chi connectivity index (χ1) is 7.77. The molecule has 0 aromatic heterocycles. The highest BCUT2D eigenvalue weighted by Crippen LogP contribution is 2.20. The van der Waals surface area contributed by atoms with Crippen LogP contribution in [0.1, 0.15) is 18.5 Å². The minimum atomic E-state index is 0.476. The molecule has 16 heavy (non-hydrogen) atoms. The lowest BCUT2D eigenvalue weighted by molar-refractivity contribution is 0.250. The number of benzene rings is 1. The molecule has 84 valence electrons. The van der Waals surface area contributed by atoms with E-state index in [2.05, 4.69) is 73.5 Å². The van der Waals surface area contributed by atoms with Crippen molar-refractivity contribution in [3.8, 4) is 0 Å². The zero-order valence-electron chi connectivity index (χ0n) is 10.0. The molecule has 0 N–H and O–H groups in total. The molecule has 0 bridgehead atoms. The van der Waals surface area contributed by atoms with Gasteiger partial charge >= 0.3 is 0 Å². The predicted molar refractivity (Wildman–Crippen MR) is 69.3 cm³/mol. The van der Waals surface area contributed by atoms with Crippen LogP contribution in [0.5, 0.6) is 0 Å². The smallest absolute Gasteiger partial charge is 0.0317 e. The Labute approximate surface area is 98.1 Å². The van der Waals surface area contributed by atoms with Gasteiger partial charge in [-0.25, -0.2) is 0 Å². The molecular formula is C15H19N. The Morgan fingerprint density at radius 2 is 1.75 bits per heavy atom. The second-order valence-electron chi connectivity index (χ2n) is 4.46. The van der Waals surface area contributed by atoms with Gasteiger partial charge in [0.05, 0.1) is 0 Å². The van der Waals surface area contributed by atoms with Crippen molar-refractivity contribution in [1.29, 1.82) is 0 Å². The van der Waals surface area contributed by atoms with E-state index in [9.17, 15) is 0 Å². The van der Waals surface area contributed by atoms with Gasteiger partial charge in [-0.2, -0.15) is 0 Å². The summed E-state index contributed by atoms with van der Waals surface area (Å²) in [6, 6.07) is 11.1. The van der Waals surface area contributed by atoms with Crippen molar-refractivity contribution < 1.29 is 0 Å². The molecule has 1 aromatic rings. The topological polar surface area (TPSA) is 3.24 Å². The van der Waals surface area contributed by atoms with Gasteiger partial charge in [-0.3, -0.25) is 4.90 Å². The van der Waals surface area contributed by atoms with Gasteiger partial charge in [0.1, 0.15) is 0 Å². The molecule has 0 amide bonds. The molecule has 0 saturated carbocycles. The minimum Gasteiger partial charge on any atom is -0.299 e. The van der Waals surface area contributed by atoms with Crippen LogP contribution in [0.25, 0.3) is 0 Å². The molecule has 0 unspecified atom stereocenters. The van der Waals surface area contributed by atoms with Crippen molar-refractivity contribution in [2.24, 2.45) is 5.92 Å². The van der Waals surface area contributed by atoms with Gasteiger partial charge in [0.2, 0.25) is 0 Å². The summed E-state index contributed by atoms with van der Waals surface area (Å²) in [5.74, 6) is 0.580. The van der Waals surface area contributed by atoms with Crippen LogP contribution < -0.4 is 0 Å². The molecule has 0 saturated heterocycles. The Bertz CT molecular complexity index is 366. The molecule has 1 heteroatoms. The number of nitrogens with zero attached hydrogens (tertiary/aromatic N) is 1. The van der Waals surface area contributed by atoms with Crippen molar-refractivity contribution in [3.05, 3.63) is 60.2 Å². The maximum atomic E-state index is 2.40. The Balaban J connectivity index is 1.96. The number of allylic oxidation sites excluding steroid dienone is 2. The van der Waals surface area contributed by atoms with Crippen molar-refractivity contribution in [2.45, 2.75) is 13.0 Å². The molecule has 0 heterocycles. The SMILES string of the molecule is C[C@@H](c1ccccc1)N(C)CC1C=CC=C1. The summed E-state index contributed by atoms with van der Waals surface area (Å²) in [6.07, 6.45) is 8.78. The van der Waals surface area contributed by atoms with E-state index in [1.54, 1.807) is 0 Å². The van der Waals surface area contributed by atoms with Gasteiger partial charge in [-0.15, -0.1) is 0 Å². The molecule has 1 aromatic carbocycles. The van der Waals surface area contributed by atoms with Gasteiger partial charge in [0.15, 0.2) is 0 Å². The van der Waals surface area contributed by atoms with Gasteiger partial charge in [0, 0.05) is 18.5 Å². The van der Waals surface area contributed by atoms with Gasteiger partial charge in [-0.1, -0.05) is 54.6 Å². The molecule has 0 radical (unpaired) electrons. The predicted octanol–water partition coefficient (Wildman–Crippen LogP) is 3.42. The Morgan fingerprint density at radius 1 is 1.12 bits per heavy atom. The summed E-state index contributed by atoms with van der Waals surface area (Å²) in [7, 11) is 2.19. The molecule has 1 aliphatic rings. The Hall–Kier alpha value is -1.34. The second-order valence-corrected chi connectivity index (χ2v) is 4.46. The van der Waals surface area contributed by atoms with Crippen LogP contribution in [0, 0.1) is 5.92 Å². The third-order valence-electron chi connectivity index (χ3n) is 3.27. The van der Waals surface area contributed by atoms with Gasteiger partial charge < -0.3 is 0 Å². The highest BCUT2D eigenvalue weighted by atomic mass is 15.1. The Morgan fingerprint density at radius 3 is 2.38 bits per heavy atom. The average molecular weight is 213 g/mol. The fourth-order valence-electron chi connectivity index (χ4n) is 2.08. The third kappa shape index (κ3) is 2.61. The third-order valence-corrected chi connectivity index (χ3v) is 3.27. The lowest BCUT2D eigenvalue weighted by Gasteiger charge is -2.26. The van der Waals surface area contributed by atoms with Crippen LogP contribution in [-0.2, 0) is 0 Å². The van der Waals surface area contributed by atoms with Crippen LogP contribution in [0.2, 0.25) is 0 Å². The lowest BCUT2D eigenvalue weighted by Crippen LogP contribution is -2.26.